The van der Waals surface area contributed by atoms with Crippen molar-refractivity contribution in [2.24, 2.45) is 0 Å². The lowest BCUT2D eigenvalue weighted by atomic mass is 10.6. The van der Waals surface area contributed by atoms with Crippen molar-refractivity contribution in [1.29, 1.82) is 0 Å². The summed E-state index contributed by atoms with van der Waals surface area (Å²) in [7, 11) is -7.50. The number of sulfone groups is 1. The Morgan fingerprint density at radius 3 is 2.62 bits per heavy atom. The number of sulfonamides is 1. The summed E-state index contributed by atoms with van der Waals surface area (Å²) in [5.41, 5.74) is 5.67. The summed E-state index contributed by atoms with van der Waals surface area (Å²) in [4.78, 5) is -0.134. The van der Waals surface area contributed by atoms with Gasteiger partial charge in [-0.15, -0.1) is 0 Å². The van der Waals surface area contributed by atoms with Gasteiger partial charge in [0.1, 0.15) is 10.3 Å². The van der Waals surface area contributed by atoms with Crippen molar-refractivity contribution in [2.45, 2.75) is 23.7 Å². The van der Waals surface area contributed by atoms with E-state index in [1.807, 2.05) is 0 Å². The van der Waals surface area contributed by atoms with Crippen LogP contribution in [0.1, 0.15) is 6.92 Å². The summed E-state index contributed by atoms with van der Waals surface area (Å²) in [5, 5.41) is 2.85. The van der Waals surface area contributed by atoms with E-state index < -0.39 is 25.2 Å². The van der Waals surface area contributed by atoms with Crippen molar-refractivity contribution in [3.63, 3.8) is 0 Å². The van der Waals surface area contributed by atoms with Gasteiger partial charge in [-0.3, -0.25) is 4.68 Å². The van der Waals surface area contributed by atoms with Gasteiger partial charge in [-0.05, 0) is 6.92 Å². The topological polar surface area (TPSA) is 115 Å². The second kappa shape index (κ2) is 5.78. The van der Waals surface area contributed by atoms with Gasteiger partial charge in [0.05, 0.1) is 0 Å². The minimum atomic E-state index is -3.98. The largest absolute Gasteiger partial charge is 0.381 e. The molecule has 1 saturated heterocycles. The Balaban J connectivity index is 2.48. The SMILES string of the molecule is CCn1cc(S(=O)(=O)N2CCSCC2S(C)(=O)=O)c(N)n1. The molecule has 0 aliphatic carbocycles. The van der Waals surface area contributed by atoms with E-state index in [2.05, 4.69) is 5.10 Å². The number of aromatic nitrogens is 2. The van der Waals surface area contributed by atoms with Crippen LogP contribution in [0.15, 0.2) is 11.1 Å². The predicted octanol–water partition coefficient (Wildman–Crippen LogP) is -0.407. The van der Waals surface area contributed by atoms with Crippen LogP contribution in [0, 0.1) is 0 Å². The van der Waals surface area contributed by atoms with Crippen molar-refractivity contribution in [3.05, 3.63) is 6.20 Å². The monoisotopic (exact) mass is 354 g/mol. The zero-order valence-electron chi connectivity index (χ0n) is 11.8. The standard InChI is InChI=1S/C10H18N4O4S3/c1-3-13-6-8(10(11)12-13)21(17,18)14-4-5-19-7-9(14)20(2,15)16/h6,9H,3-5,7H2,1-2H3,(H2,11,12). The number of aryl methyl sites for hydroxylation is 1. The number of nitrogen functional groups attached to an aromatic ring is 1. The molecule has 11 heteroatoms. The summed E-state index contributed by atoms with van der Waals surface area (Å²) in [6.45, 7) is 2.42. The Morgan fingerprint density at radius 1 is 1.43 bits per heavy atom. The van der Waals surface area contributed by atoms with E-state index in [1.54, 1.807) is 6.92 Å². The molecule has 0 saturated carbocycles. The number of hydrogen-bond acceptors (Lipinski definition) is 7. The number of anilines is 1. The number of rotatable bonds is 4. The maximum absolute atomic E-state index is 12.7. The Bertz CT molecular complexity index is 725. The number of hydrogen-bond donors (Lipinski definition) is 1. The van der Waals surface area contributed by atoms with E-state index >= 15 is 0 Å². The van der Waals surface area contributed by atoms with Gasteiger partial charge in [0.2, 0.25) is 10.0 Å². The first-order valence-electron chi connectivity index (χ1n) is 6.29. The lowest BCUT2D eigenvalue weighted by molar-refractivity contribution is 0.405. The van der Waals surface area contributed by atoms with Crippen LogP contribution in [0.25, 0.3) is 0 Å². The maximum atomic E-state index is 12.7. The minimum Gasteiger partial charge on any atom is -0.381 e. The number of nitrogens with zero attached hydrogens (tertiary/aromatic N) is 3. The third-order valence-electron chi connectivity index (χ3n) is 3.20. The summed E-state index contributed by atoms with van der Waals surface area (Å²) >= 11 is 1.42. The Kier molecular flexibility index (Phi) is 4.57. The summed E-state index contributed by atoms with van der Waals surface area (Å²) < 4.78 is 51.6. The highest BCUT2D eigenvalue weighted by atomic mass is 32.2. The van der Waals surface area contributed by atoms with E-state index in [9.17, 15) is 16.8 Å². The zero-order chi connectivity index (χ0) is 15.8. The minimum absolute atomic E-state index is 0.109. The van der Waals surface area contributed by atoms with Crippen LogP contribution < -0.4 is 5.73 Å². The molecule has 2 heterocycles. The molecule has 120 valence electrons. The van der Waals surface area contributed by atoms with Crippen LogP contribution >= 0.6 is 11.8 Å². The molecule has 1 fully saturated rings. The quantitative estimate of drug-likeness (QED) is 0.781. The fraction of sp³-hybridized carbons (Fsp3) is 0.700. The molecule has 0 radical (unpaired) electrons. The smallest absolute Gasteiger partial charge is 0.249 e. The van der Waals surface area contributed by atoms with Crippen molar-refractivity contribution in [3.8, 4) is 0 Å². The predicted molar refractivity (Wildman–Crippen MR) is 82.2 cm³/mol. The van der Waals surface area contributed by atoms with Crippen molar-refractivity contribution < 1.29 is 16.8 Å². The normalized spacial score (nSPS) is 21.5. The van der Waals surface area contributed by atoms with E-state index in [-0.39, 0.29) is 23.0 Å². The molecule has 0 aromatic carbocycles. The van der Waals surface area contributed by atoms with E-state index in [0.717, 1.165) is 10.6 Å². The molecule has 1 unspecified atom stereocenters. The highest BCUT2D eigenvalue weighted by molar-refractivity contribution is 8.01. The highest BCUT2D eigenvalue weighted by Crippen LogP contribution is 2.29. The van der Waals surface area contributed by atoms with Crippen molar-refractivity contribution in [1.82, 2.24) is 14.1 Å². The molecule has 0 amide bonds. The summed E-state index contributed by atoms with van der Waals surface area (Å²) in [6.07, 6.45) is 2.39. The van der Waals surface area contributed by atoms with E-state index in [4.69, 9.17) is 5.73 Å². The maximum Gasteiger partial charge on any atom is 0.249 e. The van der Waals surface area contributed by atoms with Gasteiger partial charge >= 0.3 is 0 Å². The number of nitrogens with two attached hydrogens (primary N) is 1. The fourth-order valence-corrected chi connectivity index (χ4v) is 7.31. The van der Waals surface area contributed by atoms with Crippen LogP contribution in [0.2, 0.25) is 0 Å². The average Bonchev–Trinajstić information content (AvgIpc) is 2.80. The molecule has 21 heavy (non-hydrogen) atoms. The van der Waals surface area contributed by atoms with Gasteiger partial charge in [-0.2, -0.15) is 21.2 Å². The Labute approximate surface area is 128 Å². The van der Waals surface area contributed by atoms with Crippen LogP contribution in [0.3, 0.4) is 0 Å². The lowest BCUT2D eigenvalue weighted by Crippen LogP contribution is -2.49. The second-order valence-corrected chi connectivity index (χ2v) is 9.92. The third-order valence-corrected chi connectivity index (χ3v) is 7.90. The fourth-order valence-electron chi connectivity index (χ4n) is 2.08. The molecular weight excluding hydrogens is 336 g/mol. The first kappa shape index (κ1) is 16.6. The molecule has 0 spiro atoms. The Morgan fingerprint density at radius 2 is 2.10 bits per heavy atom. The highest BCUT2D eigenvalue weighted by Gasteiger charge is 2.40. The molecular formula is C10H18N4O4S3. The third kappa shape index (κ3) is 3.20. The van der Waals surface area contributed by atoms with Gasteiger partial charge in [0, 0.05) is 37.0 Å². The lowest BCUT2D eigenvalue weighted by Gasteiger charge is -2.32. The molecule has 1 aromatic heterocycles. The number of thioether (sulfide) groups is 1. The molecule has 0 bridgehead atoms. The molecule has 1 aromatic rings. The molecule has 2 rings (SSSR count). The molecule has 1 aliphatic heterocycles. The molecule has 1 atom stereocenters. The van der Waals surface area contributed by atoms with Crippen LogP contribution in [0.4, 0.5) is 5.82 Å². The first-order valence-corrected chi connectivity index (χ1v) is 10.8. The first-order chi connectivity index (χ1) is 9.67. The summed E-state index contributed by atoms with van der Waals surface area (Å²) in [5.74, 6) is 0.662. The molecule has 2 N–H and O–H groups in total. The van der Waals surface area contributed by atoms with Gasteiger partial charge in [0.25, 0.3) is 0 Å². The van der Waals surface area contributed by atoms with Crippen LogP contribution in [0.5, 0.6) is 0 Å². The van der Waals surface area contributed by atoms with Crippen LogP contribution in [-0.4, -0.2) is 60.6 Å². The molecule has 1 aliphatic rings. The van der Waals surface area contributed by atoms with Gasteiger partial charge < -0.3 is 5.73 Å². The zero-order valence-corrected chi connectivity index (χ0v) is 14.2. The van der Waals surface area contributed by atoms with Gasteiger partial charge in [-0.1, -0.05) is 0 Å². The second-order valence-electron chi connectivity index (χ2n) is 4.71. The van der Waals surface area contributed by atoms with Crippen molar-refractivity contribution in [2.75, 3.05) is 30.0 Å². The van der Waals surface area contributed by atoms with Gasteiger partial charge in [0.15, 0.2) is 15.7 Å². The van der Waals surface area contributed by atoms with Gasteiger partial charge in [-0.25, -0.2) is 16.8 Å². The van der Waals surface area contributed by atoms with E-state index in [0.29, 0.717) is 12.3 Å². The summed E-state index contributed by atoms with van der Waals surface area (Å²) in [6, 6.07) is 0. The Hall–Kier alpha value is -0.780. The molecule has 8 nitrogen and oxygen atoms in total. The van der Waals surface area contributed by atoms with E-state index in [1.165, 1.54) is 22.6 Å². The van der Waals surface area contributed by atoms with Crippen LogP contribution in [-0.2, 0) is 26.4 Å². The average molecular weight is 354 g/mol. The van der Waals surface area contributed by atoms with Crippen molar-refractivity contribution >= 4 is 37.4 Å².